The summed E-state index contributed by atoms with van der Waals surface area (Å²) in [5.74, 6) is -0.417. The number of rotatable bonds is 8. The number of amides is 4. The fourth-order valence-electron chi connectivity index (χ4n) is 4.86. The van der Waals surface area contributed by atoms with Crippen molar-refractivity contribution in [1.82, 2.24) is 20.3 Å². The maximum Gasteiger partial charge on any atom is 0.407 e. The Morgan fingerprint density at radius 1 is 1.00 bits per heavy atom. The monoisotopic (exact) mass is 641 g/mol. The standard InChI is InChI=1S/C31H39N5O6S2/c1-19(2)33-30(39)42-23-14-11-21(12-15-23)28-32-18-25(43-28)24-16-13-22(17-26(24)44(40,41)36-31(3,4)5)34-29(38)35-27(37)20-9-7-6-8-10-20/h6-10,13,16-19,21,23,36H,11-12,14-15H2,1-5H3,(H,33,39)(H2,34,35,37,38). The lowest BCUT2D eigenvalue weighted by Crippen LogP contribution is -2.40. The van der Waals surface area contributed by atoms with Gasteiger partial charge >= 0.3 is 12.1 Å². The molecule has 1 saturated carbocycles. The van der Waals surface area contributed by atoms with Crippen LogP contribution in [0, 0.1) is 0 Å². The maximum atomic E-state index is 13.6. The summed E-state index contributed by atoms with van der Waals surface area (Å²) in [5.41, 5.74) is 0.199. The molecule has 0 radical (unpaired) electrons. The zero-order chi connectivity index (χ0) is 32.1. The molecule has 44 heavy (non-hydrogen) atoms. The number of thiazole rings is 1. The Morgan fingerprint density at radius 3 is 2.32 bits per heavy atom. The number of ether oxygens (including phenoxy) is 1. The molecule has 3 aromatic rings. The molecule has 1 aliphatic rings. The molecule has 13 heteroatoms. The molecule has 1 heterocycles. The molecule has 1 aromatic heterocycles. The van der Waals surface area contributed by atoms with Gasteiger partial charge < -0.3 is 15.4 Å². The van der Waals surface area contributed by atoms with Crippen LogP contribution in [0.5, 0.6) is 0 Å². The Balaban J connectivity index is 1.52. The Hall–Kier alpha value is -3.81. The van der Waals surface area contributed by atoms with Crippen molar-refractivity contribution in [3.8, 4) is 10.4 Å². The van der Waals surface area contributed by atoms with E-state index in [4.69, 9.17) is 4.74 Å². The van der Waals surface area contributed by atoms with E-state index in [0.29, 0.717) is 16.0 Å². The second-order valence-corrected chi connectivity index (χ2v) is 14.8. The highest BCUT2D eigenvalue weighted by Crippen LogP contribution is 2.40. The van der Waals surface area contributed by atoms with Crippen LogP contribution in [0.25, 0.3) is 10.4 Å². The van der Waals surface area contributed by atoms with Gasteiger partial charge in [-0.1, -0.05) is 24.3 Å². The molecule has 4 rings (SSSR count). The number of carbonyl (C=O) groups excluding carboxylic acids is 3. The number of urea groups is 1. The highest BCUT2D eigenvalue weighted by molar-refractivity contribution is 7.89. The van der Waals surface area contributed by atoms with Crippen molar-refractivity contribution in [2.45, 2.75) is 88.8 Å². The number of carbonyl (C=O) groups is 3. The lowest BCUT2D eigenvalue weighted by atomic mass is 9.88. The minimum absolute atomic E-state index is 0.00530. The molecular formula is C31H39N5O6S2. The van der Waals surface area contributed by atoms with Crippen LogP contribution in [-0.2, 0) is 14.8 Å². The third kappa shape index (κ3) is 9.10. The zero-order valence-corrected chi connectivity index (χ0v) is 27.1. The van der Waals surface area contributed by atoms with Gasteiger partial charge in [0.25, 0.3) is 5.91 Å². The van der Waals surface area contributed by atoms with E-state index < -0.39 is 33.6 Å². The SMILES string of the molecule is CC(C)NC(=O)OC1CCC(c2ncc(-c3ccc(NC(=O)NC(=O)c4ccccc4)cc3S(=O)(=O)NC(C)(C)C)s2)CC1. The van der Waals surface area contributed by atoms with E-state index >= 15 is 0 Å². The third-order valence-corrected chi connectivity index (χ3v) is 9.72. The number of sulfonamides is 1. The number of hydrogen-bond acceptors (Lipinski definition) is 8. The van der Waals surface area contributed by atoms with Crippen molar-refractivity contribution in [3.63, 3.8) is 0 Å². The Bertz CT molecular complexity index is 1590. The van der Waals surface area contributed by atoms with Crippen LogP contribution in [-0.4, -0.2) is 49.1 Å². The van der Waals surface area contributed by atoms with Gasteiger partial charge in [0.05, 0.1) is 14.8 Å². The Kier molecular flexibility index (Phi) is 10.4. The fourth-order valence-corrected chi connectivity index (χ4v) is 7.72. The number of hydrogen-bond donors (Lipinski definition) is 4. The first-order valence-electron chi connectivity index (χ1n) is 14.5. The first-order valence-corrected chi connectivity index (χ1v) is 16.8. The van der Waals surface area contributed by atoms with E-state index in [9.17, 15) is 22.8 Å². The first-order chi connectivity index (χ1) is 20.7. The lowest BCUT2D eigenvalue weighted by molar-refractivity contribution is 0.0699. The number of benzene rings is 2. The zero-order valence-electron chi connectivity index (χ0n) is 25.5. The topological polar surface area (TPSA) is 156 Å². The van der Waals surface area contributed by atoms with Crippen LogP contribution in [0.3, 0.4) is 0 Å². The Labute approximate surface area is 262 Å². The van der Waals surface area contributed by atoms with Crippen molar-refractivity contribution in [2.24, 2.45) is 0 Å². The summed E-state index contributed by atoms with van der Waals surface area (Å²) in [6.07, 6.45) is 4.14. The predicted octanol–water partition coefficient (Wildman–Crippen LogP) is 6.01. The Morgan fingerprint density at radius 2 is 1.68 bits per heavy atom. The number of nitrogens with zero attached hydrogens (tertiary/aromatic N) is 1. The van der Waals surface area contributed by atoms with E-state index in [2.05, 4.69) is 25.7 Å². The largest absolute Gasteiger partial charge is 0.446 e. The number of anilines is 1. The second-order valence-electron chi connectivity index (χ2n) is 12.1. The van der Waals surface area contributed by atoms with Crippen LogP contribution in [0.15, 0.2) is 59.6 Å². The molecule has 4 amide bonds. The van der Waals surface area contributed by atoms with Crippen molar-refractivity contribution >= 4 is 45.1 Å². The van der Waals surface area contributed by atoms with Crippen molar-refractivity contribution in [3.05, 3.63) is 65.3 Å². The summed E-state index contributed by atoms with van der Waals surface area (Å²) in [6, 6.07) is 12.1. The average Bonchev–Trinajstić information content (AvgIpc) is 3.42. The molecule has 0 spiro atoms. The molecule has 11 nitrogen and oxygen atoms in total. The van der Waals surface area contributed by atoms with Crippen molar-refractivity contribution in [2.75, 3.05) is 5.32 Å². The van der Waals surface area contributed by atoms with Crippen LogP contribution >= 0.6 is 11.3 Å². The summed E-state index contributed by atoms with van der Waals surface area (Å²) in [5, 5.41) is 8.46. The lowest BCUT2D eigenvalue weighted by Gasteiger charge is -2.27. The second kappa shape index (κ2) is 13.9. The van der Waals surface area contributed by atoms with Gasteiger partial charge in [-0.15, -0.1) is 11.3 Å². The number of nitrogens with one attached hydrogen (secondary N) is 4. The normalized spacial score (nSPS) is 17.1. The summed E-state index contributed by atoms with van der Waals surface area (Å²) >= 11 is 1.42. The van der Waals surface area contributed by atoms with Gasteiger partial charge in [-0.05, 0) is 84.6 Å². The van der Waals surface area contributed by atoms with Crippen LogP contribution in [0.4, 0.5) is 15.3 Å². The predicted molar refractivity (Wildman–Crippen MR) is 170 cm³/mol. The van der Waals surface area contributed by atoms with Gasteiger partial charge in [0.15, 0.2) is 0 Å². The van der Waals surface area contributed by atoms with Gasteiger partial charge in [-0.3, -0.25) is 10.1 Å². The summed E-state index contributed by atoms with van der Waals surface area (Å²) < 4.78 is 35.4. The molecule has 0 unspecified atom stereocenters. The summed E-state index contributed by atoms with van der Waals surface area (Å²) in [6.45, 7) is 8.99. The maximum absolute atomic E-state index is 13.6. The molecule has 1 aliphatic carbocycles. The average molecular weight is 642 g/mol. The highest BCUT2D eigenvalue weighted by Gasteiger charge is 2.29. The molecule has 236 valence electrons. The summed E-state index contributed by atoms with van der Waals surface area (Å²) in [7, 11) is -4.03. The number of imide groups is 1. The minimum atomic E-state index is -4.03. The highest BCUT2D eigenvalue weighted by atomic mass is 32.2. The molecular weight excluding hydrogens is 603 g/mol. The molecule has 0 saturated heterocycles. The number of alkyl carbamates (subject to hydrolysis) is 1. The fraction of sp³-hybridized carbons (Fsp3) is 0.419. The van der Waals surface area contributed by atoms with Crippen molar-refractivity contribution < 1.29 is 27.5 Å². The first kappa shape index (κ1) is 33.1. The van der Waals surface area contributed by atoms with E-state index in [1.165, 1.54) is 17.4 Å². The van der Waals surface area contributed by atoms with Crippen LogP contribution < -0.4 is 20.7 Å². The van der Waals surface area contributed by atoms with Gasteiger partial charge in [0.1, 0.15) is 6.10 Å². The number of aromatic nitrogens is 1. The quantitative estimate of drug-likeness (QED) is 0.235. The molecule has 1 fully saturated rings. The van der Waals surface area contributed by atoms with Gasteiger partial charge in [-0.25, -0.2) is 27.7 Å². The smallest absolute Gasteiger partial charge is 0.407 e. The molecule has 0 atom stereocenters. The van der Waals surface area contributed by atoms with Crippen molar-refractivity contribution in [1.29, 1.82) is 0 Å². The van der Waals surface area contributed by atoms with E-state index in [1.807, 2.05) is 13.8 Å². The molecule has 2 aromatic carbocycles. The molecule has 0 aliphatic heterocycles. The van der Waals surface area contributed by atoms with Crippen LogP contribution in [0.1, 0.15) is 81.6 Å². The summed E-state index contributed by atoms with van der Waals surface area (Å²) in [4.78, 5) is 42.3. The van der Waals surface area contributed by atoms with Crippen LogP contribution in [0.2, 0.25) is 0 Å². The molecule has 0 bridgehead atoms. The van der Waals surface area contributed by atoms with E-state index in [-0.39, 0.29) is 28.6 Å². The van der Waals surface area contributed by atoms with E-state index in [1.54, 1.807) is 69.4 Å². The minimum Gasteiger partial charge on any atom is -0.446 e. The third-order valence-electron chi connectivity index (χ3n) is 6.73. The van der Waals surface area contributed by atoms with Gasteiger partial charge in [0.2, 0.25) is 10.0 Å². The van der Waals surface area contributed by atoms with E-state index in [0.717, 1.165) is 30.7 Å². The van der Waals surface area contributed by atoms with Gasteiger partial charge in [0, 0.05) is 40.5 Å². The van der Waals surface area contributed by atoms with Gasteiger partial charge in [-0.2, -0.15) is 0 Å². The molecule has 4 N–H and O–H groups in total.